The Morgan fingerprint density at radius 1 is 1.32 bits per heavy atom. The van der Waals surface area contributed by atoms with Gasteiger partial charge in [-0.1, -0.05) is 13.8 Å². The molecule has 0 saturated carbocycles. The number of hydrogen-bond donors (Lipinski definition) is 1. The van der Waals surface area contributed by atoms with Gasteiger partial charge in [0.2, 0.25) is 0 Å². The van der Waals surface area contributed by atoms with Crippen molar-refractivity contribution in [3.63, 3.8) is 0 Å². The summed E-state index contributed by atoms with van der Waals surface area (Å²) in [7, 11) is 0. The highest BCUT2D eigenvalue weighted by molar-refractivity contribution is 5.21. The summed E-state index contributed by atoms with van der Waals surface area (Å²) in [4.78, 5) is 11.4. The van der Waals surface area contributed by atoms with Gasteiger partial charge in [-0.05, 0) is 18.1 Å². The lowest BCUT2D eigenvalue weighted by molar-refractivity contribution is 0.0880. The van der Waals surface area contributed by atoms with Crippen molar-refractivity contribution in [3.8, 4) is 0 Å². The van der Waals surface area contributed by atoms with Crippen LogP contribution in [0.5, 0.6) is 0 Å². The lowest BCUT2D eigenvalue weighted by Crippen LogP contribution is -2.38. The van der Waals surface area contributed by atoms with Gasteiger partial charge in [0.05, 0.1) is 18.3 Å². The average Bonchev–Trinajstić information content (AvgIpc) is 2.99. The smallest absolute Gasteiger partial charge is 0.131 e. The van der Waals surface area contributed by atoms with Crippen LogP contribution in [0, 0.1) is 0 Å². The average molecular weight is 301 g/mol. The molecule has 1 aliphatic rings. The van der Waals surface area contributed by atoms with Crippen LogP contribution < -0.4 is 0 Å². The van der Waals surface area contributed by atoms with Crippen molar-refractivity contribution >= 4 is 0 Å². The SMILES string of the molecule is CC(C)c1ncc2c(n1)CN(C[C@H](O)Cn1cccn1)CC2. The zero-order valence-electron chi connectivity index (χ0n) is 13.2. The Labute approximate surface area is 130 Å². The number of β-amino-alcohol motifs (C(OH)–C–C–N with tert-alkyl or cyclic N) is 1. The van der Waals surface area contributed by atoms with E-state index in [1.165, 1.54) is 5.56 Å². The number of nitrogens with zero attached hydrogens (tertiary/aromatic N) is 5. The predicted octanol–water partition coefficient (Wildman–Crippen LogP) is 1.22. The molecule has 0 unspecified atom stereocenters. The third kappa shape index (κ3) is 3.51. The van der Waals surface area contributed by atoms with Crippen molar-refractivity contribution < 1.29 is 5.11 Å². The van der Waals surface area contributed by atoms with Gasteiger partial charge in [0, 0.05) is 44.1 Å². The first-order valence-corrected chi connectivity index (χ1v) is 7.84. The third-order valence-electron chi connectivity index (χ3n) is 3.99. The minimum Gasteiger partial charge on any atom is -0.390 e. The van der Waals surface area contributed by atoms with E-state index < -0.39 is 6.10 Å². The minimum atomic E-state index is -0.423. The predicted molar refractivity (Wildman–Crippen MR) is 83.3 cm³/mol. The molecule has 0 amide bonds. The van der Waals surface area contributed by atoms with Crippen LogP contribution in [-0.4, -0.2) is 48.9 Å². The second-order valence-corrected chi connectivity index (χ2v) is 6.22. The van der Waals surface area contributed by atoms with Crippen LogP contribution in [0.2, 0.25) is 0 Å². The largest absolute Gasteiger partial charge is 0.390 e. The van der Waals surface area contributed by atoms with E-state index in [0.29, 0.717) is 19.0 Å². The molecule has 0 radical (unpaired) electrons. The molecule has 0 aliphatic carbocycles. The Morgan fingerprint density at radius 3 is 2.91 bits per heavy atom. The summed E-state index contributed by atoms with van der Waals surface area (Å²) in [6.07, 6.45) is 6.09. The molecule has 3 rings (SSSR count). The Balaban J connectivity index is 1.62. The summed E-state index contributed by atoms with van der Waals surface area (Å²) in [6, 6.07) is 1.87. The molecule has 2 aromatic heterocycles. The number of hydrogen-bond acceptors (Lipinski definition) is 5. The van der Waals surface area contributed by atoms with Crippen LogP contribution in [0.25, 0.3) is 0 Å². The lowest BCUT2D eigenvalue weighted by atomic mass is 10.1. The van der Waals surface area contributed by atoms with Crippen LogP contribution in [0.1, 0.15) is 36.8 Å². The molecule has 0 saturated heterocycles. The van der Waals surface area contributed by atoms with Crippen molar-refractivity contribution in [2.24, 2.45) is 0 Å². The molecule has 118 valence electrons. The van der Waals surface area contributed by atoms with E-state index in [1.807, 2.05) is 18.5 Å². The van der Waals surface area contributed by atoms with Gasteiger partial charge in [0.25, 0.3) is 0 Å². The molecule has 1 aliphatic heterocycles. The van der Waals surface area contributed by atoms with E-state index >= 15 is 0 Å². The molecule has 0 aromatic carbocycles. The normalized spacial score (nSPS) is 16.7. The fraction of sp³-hybridized carbons (Fsp3) is 0.562. The van der Waals surface area contributed by atoms with Crippen molar-refractivity contribution in [1.29, 1.82) is 0 Å². The molecular weight excluding hydrogens is 278 g/mol. The highest BCUT2D eigenvalue weighted by Crippen LogP contribution is 2.19. The lowest BCUT2D eigenvalue weighted by Gasteiger charge is -2.29. The van der Waals surface area contributed by atoms with Gasteiger partial charge in [-0.25, -0.2) is 9.97 Å². The summed E-state index contributed by atoms with van der Waals surface area (Å²) in [5.41, 5.74) is 2.35. The fourth-order valence-corrected chi connectivity index (χ4v) is 2.79. The maximum atomic E-state index is 10.2. The van der Waals surface area contributed by atoms with Crippen LogP contribution in [0.4, 0.5) is 0 Å². The highest BCUT2D eigenvalue weighted by atomic mass is 16.3. The molecule has 0 spiro atoms. The molecule has 0 bridgehead atoms. The van der Waals surface area contributed by atoms with Crippen molar-refractivity contribution in [2.45, 2.75) is 45.4 Å². The van der Waals surface area contributed by atoms with Crippen molar-refractivity contribution in [1.82, 2.24) is 24.6 Å². The minimum absolute atomic E-state index is 0.339. The molecule has 2 aromatic rings. The summed E-state index contributed by atoms with van der Waals surface area (Å²) in [5, 5.41) is 14.4. The topological polar surface area (TPSA) is 67.1 Å². The van der Waals surface area contributed by atoms with Gasteiger partial charge in [-0.15, -0.1) is 0 Å². The van der Waals surface area contributed by atoms with Crippen LogP contribution in [0.15, 0.2) is 24.7 Å². The Kier molecular flexibility index (Phi) is 4.49. The third-order valence-corrected chi connectivity index (χ3v) is 3.99. The quantitative estimate of drug-likeness (QED) is 0.899. The summed E-state index contributed by atoms with van der Waals surface area (Å²) >= 11 is 0. The number of fused-ring (bicyclic) bond motifs is 1. The Bertz CT molecular complexity index is 611. The highest BCUT2D eigenvalue weighted by Gasteiger charge is 2.21. The zero-order chi connectivity index (χ0) is 15.5. The maximum absolute atomic E-state index is 10.2. The Morgan fingerprint density at radius 2 is 2.18 bits per heavy atom. The van der Waals surface area contributed by atoms with Crippen molar-refractivity contribution in [3.05, 3.63) is 41.7 Å². The van der Waals surface area contributed by atoms with E-state index in [9.17, 15) is 5.11 Å². The molecule has 6 heteroatoms. The molecule has 22 heavy (non-hydrogen) atoms. The summed E-state index contributed by atoms with van der Waals surface area (Å²) < 4.78 is 1.77. The van der Waals surface area contributed by atoms with Gasteiger partial charge in [-0.2, -0.15) is 5.10 Å². The van der Waals surface area contributed by atoms with E-state index in [-0.39, 0.29) is 0 Å². The maximum Gasteiger partial charge on any atom is 0.131 e. The van der Waals surface area contributed by atoms with Gasteiger partial charge < -0.3 is 5.11 Å². The zero-order valence-corrected chi connectivity index (χ0v) is 13.2. The van der Waals surface area contributed by atoms with E-state index in [4.69, 9.17) is 4.98 Å². The first-order valence-electron chi connectivity index (χ1n) is 7.84. The summed E-state index contributed by atoms with van der Waals surface area (Å²) in [6.45, 7) is 7.10. The van der Waals surface area contributed by atoms with Crippen LogP contribution >= 0.6 is 0 Å². The first kappa shape index (κ1) is 15.1. The second-order valence-electron chi connectivity index (χ2n) is 6.22. The van der Waals surface area contributed by atoms with Gasteiger partial charge in [0.15, 0.2) is 0 Å². The number of rotatable bonds is 5. The fourth-order valence-electron chi connectivity index (χ4n) is 2.79. The molecule has 1 atom stereocenters. The van der Waals surface area contributed by atoms with E-state index in [1.54, 1.807) is 10.9 Å². The standard InChI is InChI=1S/C16H23N5O/c1-12(2)16-17-8-13-4-7-20(11-15(13)19-16)9-14(22)10-21-6-3-5-18-21/h3,5-6,8,12,14,22H,4,7,9-11H2,1-2H3/t14-/m0/s1. The second kappa shape index (κ2) is 6.54. The molecule has 6 nitrogen and oxygen atoms in total. The monoisotopic (exact) mass is 301 g/mol. The first-order chi connectivity index (χ1) is 10.6. The van der Waals surface area contributed by atoms with Crippen LogP contribution in [-0.2, 0) is 19.5 Å². The molecule has 3 heterocycles. The van der Waals surface area contributed by atoms with Crippen molar-refractivity contribution in [2.75, 3.05) is 13.1 Å². The summed E-state index contributed by atoms with van der Waals surface area (Å²) in [5.74, 6) is 1.24. The molecule has 1 N–H and O–H groups in total. The van der Waals surface area contributed by atoms with Crippen LogP contribution in [0.3, 0.4) is 0 Å². The van der Waals surface area contributed by atoms with Gasteiger partial charge in [-0.3, -0.25) is 9.58 Å². The van der Waals surface area contributed by atoms with E-state index in [0.717, 1.165) is 31.0 Å². The molecular formula is C16H23N5O. The number of aromatic nitrogens is 4. The van der Waals surface area contributed by atoms with Gasteiger partial charge >= 0.3 is 0 Å². The van der Waals surface area contributed by atoms with E-state index in [2.05, 4.69) is 28.8 Å². The Hall–Kier alpha value is -1.79. The molecule has 0 fully saturated rings. The van der Waals surface area contributed by atoms with Gasteiger partial charge in [0.1, 0.15) is 5.82 Å². The number of aliphatic hydroxyl groups excluding tert-OH is 1. The number of aliphatic hydroxyl groups is 1.